The van der Waals surface area contributed by atoms with Crippen LogP contribution in [0.25, 0.3) is 0 Å². The number of benzene rings is 1. The van der Waals surface area contributed by atoms with Crippen LogP contribution in [0.3, 0.4) is 0 Å². The lowest BCUT2D eigenvalue weighted by atomic mass is 10.1. The second-order valence-corrected chi connectivity index (χ2v) is 7.02. The van der Waals surface area contributed by atoms with Crippen LogP contribution < -0.4 is 5.32 Å². The van der Waals surface area contributed by atoms with Crippen LogP contribution in [0.4, 0.5) is 0 Å². The van der Waals surface area contributed by atoms with Gasteiger partial charge in [-0.1, -0.05) is 31.5 Å². The molecule has 2 aromatic rings. The lowest BCUT2D eigenvalue weighted by Crippen LogP contribution is -2.38. The number of H-pyrrole nitrogens is 1. The Balaban J connectivity index is 1.59. The summed E-state index contributed by atoms with van der Waals surface area (Å²) < 4.78 is 0. The quantitative estimate of drug-likeness (QED) is 0.880. The average molecular weight is 361 g/mol. The van der Waals surface area contributed by atoms with Gasteiger partial charge in [0.1, 0.15) is 5.69 Å². The number of halogens is 1. The summed E-state index contributed by atoms with van der Waals surface area (Å²) in [6.45, 7) is 5.16. The van der Waals surface area contributed by atoms with E-state index >= 15 is 0 Å². The van der Waals surface area contributed by atoms with Gasteiger partial charge in [0.2, 0.25) is 0 Å². The summed E-state index contributed by atoms with van der Waals surface area (Å²) in [5.41, 5.74) is 1.88. The third-order valence-electron chi connectivity index (χ3n) is 4.34. The van der Waals surface area contributed by atoms with Gasteiger partial charge in [0.05, 0.1) is 0 Å². The van der Waals surface area contributed by atoms with Gasteiger partial charge in [-0.15, -0.1) is 0 Å². The smallest absolute Gasteiger partial charge is 0.274 e. The van der Waals surface area contributed by atoms with Crippen LogP contribution >= 0.6 is 11.6 Å². The number of hydrogen-bond acceptors (Lipinski definition) is 3. The summed E-state index contributed by atoms with van der Waals surface area (Å²) in [5, 5.41) is 10.5. The third kappa shape index (κ3) is 4.02. The minimum Gasteiger partial charge on any atom is -0.347 e. The van der Waals surface area contributed by atoms with Crippen molar-refractivity contribution in [3.8, 4) is 0 Å². The minimum absolute atomic E-state index is 0.0704. The van der Waals surface area contributed by atoms with Crippen molar-refractivity contribution in [2.24, 2.45) is 0 Å². The van der Waals surface area contributed by atoms with E-state index in [0.717, 1.165) is 12.1 Å². The predicted molar refractivity (Wildman–Crippen MR) is 95.9 cm³/mol. The van der Waals surface area contributed by atoms with Crippen LogP contribution in [0.2, 0.25) is 5.02 Å². The van der Waals surface area contributed by atoms with Crippen molar-refractivity contribution in [1.82, 2.24) is 20.4 Å². The van der Waals surface area contributed by atoms with Crippen molar-refractivity contribution < 1.29 is 9.59 Å². The van der Waals surface area contributed by atoms with Crippen molar-refractivity contribution in [3.05, 3.63) is 52.3 Å². The monoisotopic (exact) mass is 360 g/mol. The Kier molecular flexibility index (Phi) is 5.08. The first-order valence-electron chi connectivity index (χ1n) is 8.35. The van der Waals surface area contributed by atoms with Gasteiger partial charge in [-0.05, 0) is 36.6 Å². The fourth-order valence-corrected chi connectivity index (χ4v) is 3.06. The van der Waals surface area contributed by atoms with Crippen LogP contribution in [0.1, 0.15) is 52.7 Å². The molecule has 1 aromatic carbocycles. The number of nitrogens with zero attached hydrogens (tertiary/aromatic N) is 2. The first-order chi connectivity index (χ1) is 11.9. The number of carbonyl (C=O) groups excluding carboxylic acids is 2. The summed E-state index contributed by atoms with van der Waals surface area (Å²) in [7, 11) is 0. The highest BCUT2D eigenvalue weighted by Gasteiger charge is 2.29. The molecule has 1 saturated heterocycles. The molecule has 25 heavy (non-hydrogen) atoms. The molecule has 3 rings (SSSR count). The molecule has 6 nitrogen and oxygen atoms in total. The van der Waals surface area contributed by atoms with Gasteiger partial charge in [0.15, 0.2) is 0 Å². The lowest BCUT2D eigenvalue weighted by molar-refractivity contribution is 0.0777. The van der Waals surface area contributed by atoms with E-state index in [-0.39, 0.29) is 23.8 Å². The molecule has 1 aliphatic heterocycles. The van der Waals surface area contributed by atoms with Gasteiger partial charge < -0.3 is 10.2 Å². The fraction of sp³-hybridized carbons (Fsp3) is 0.389. The molecule has 2 heterocycles. The van der Waals surface area contributed by atoms with E-state index in [2.05, 4.69) is 15.5 Å². The molecule has 1 fully saturated rings. The Hall–Kier alpha value is -2.34. The van der Waals surface area contributed by atoms with E-state index in [1.807, 2.05) is 13.8 Å². The summed E-state index contributed by atoms with van der Waals surface area (Å²) >= 11 is 5.92. The van der Waals surface area contributed by atoms with E-state index in [1.165, 1.54) is 0 Å². The second kappa shape index (κ2) is 7.27. The summed E-state index contributed by atoms with van der Waals surface area (Å²) in [6, 6.07) is 8.54. The number of amides is 2. The number of aromatic amines is 1. The molecule has 1 aliphatic rings. The number of likely N-dealkylation sites (tertiary alicyclic amines) is 1. The Morgan fingerprint density at radius 2 is 2.16 bits per heavy atom. The average Bonchev–Trinajstić information content (AvgIpc) is 3.23. The standard InChI is InChI=1S/C18H21ClN4O2/c1-11(2)15-9-16(22-21-15)18(25)23-7-6-14(10-23)20-17(24)12-4-3-5-13(19)8-12/h3-5,8-9,11,14H,6-7,10H2,1-2H3,(H,20,24)(H,21,22). The molecule has 2 N–H and O–H groups in total. The molecule has 7 heteroatoms. The van der Waals surface area contributed by atoms with Gasteiger partial charge in [0.25, 0.3) is 11.8 Å². The molecule has 1 unspecified atom stereocenters. The van der Waals surface area contributed by atoms with Crippen molar-refractivity contribution in [2.45, 2.75) is 32.2 Å². The first kappa shape index (κ1) is 17.5. The molecule has 2 amide bonds. The Bertz CT molecular complexity index is 787. The SMILES string of the molecule is CC(C)c1cc(C(=O)N2CCC(NC(=O)c3cccc(Cl)c3)C2)n[nH]1. The number of aromatic nitrogens is 2. The van der Waals surface area contributed by atoms with E-state index in [1.54, 1.807) is 35.2 Å². The molecule has 0 bridgehead atoms. The molecule has 1 aromatic heterocycles. The van der Waals surface area contributed by atoms with Crippen LogP contribution in [-0.4, -0.2) is 46.0 Å². The fourth-order valence-electron chi connectivity index (χ4n) is 2.86. The molecule has 0 spiro atoms. The van der Waals surface area contributed by atoms with E-state index in [0.29, 0.717) is 29.4 Å². The van der Waals surface area contributed by atoms with E-state index < -0.39 is 0 Å². The molecular formula is C18H21ClN4O2. The highest BCUT2D eigenvalue weighted by Crippen LogP contribution is 2.17. The minimum atomic E-state index is -0.177. The van der Waals surface area contributed by atoms with Gasteiger partial charge >= 0.3 is 0 Å². The largest absolute Gasteiger partial charge is 0.347 e. The topological polar surface area (TPSA) is 78.1 Å². The summed E-state index contributed by atoms with van der Waals surface area (Å²) in [5.74, 6) is 0.00341. The molecule has 132 valence electrons. The Labute approximate surface area is 151 Å². The van der Waals surface area contributed by atoms with E-state index in [9.17, 15) is 9.59 Å². The first-order valence-corrected chi connectivity index (χ1v) is 8.73. The maximum absolute atomic E-state index is 12.5. The van der Waals surface area contributed by atoms with Crippen LogP contribution in [0.5, 0.6) is 0 Å². The predicted octanol–water partition coefficient (Wildman–Crippen LogP) is 2.83. The van der Waals surface area contributed by atoms with Gasteiger partial charge in [-0.2, -0.15) is 5.10 Å². The number of nitrogens with one attached hydrogen (secondary N) is 2. The van der Waals surface area contributed by atoms with Crippen molar-refractivity contribution in [1.29, 1.82) is 0 Å². The van der Waals surface area contributed by atoms with Crippen LogP contribution in [-0.2, 0) is 0 Å². The number of rotatable bonds is 4. The maximum Gasteiger partial charge on any atom is 0.274 e. The summed E-state index contributed by atoms with van der Waals surface area (Å²) in [4.78, 5) is 26.6. The number of carbonyl (C=O) groups is 2. The molecule has 0 radical (unpaired) electrons. The zero-order valence-corrected chi connectivity index (χ0v) is 15.0. The maximum atomic E-state index is 12.5. The van der Waals surface area contributed by atoms with Gasteiger partial charge in [-0.3, -0.25) is 14.7 Å². The van der Waals surface area contributed by atoms with Crippen molar-refractivity contribution in [3.63, 3.8) is 0 Å². The molecule has 0 aliphatic carbocycles. The third-order valence-corrected chi connectivity index (χ3v) is 4.57. The molecular weight excluding hydrogens is 340 g/mol. The summed E-state index contributed by atoms with van der Waals surface area (Å²) in [6.07, 6.45) is 0.722. The van der Waals surface area contributed by atoms with Gasteiger partial charge in [0, 0.05) is 35.4 Å². The van der Waals surface area contributed by atoms with Crippen molar-refractivity contribution >= 4 is 23.4 Å². The lowest BCUT2D eigenvalue weighted by Gasteiger charge is -2.16. The zero-order chi connectivity index (χ0) is 18.0. The Morgan fingerprint density at radius 3 is 2.84 bits per heavy atom. The Morgan fingerprint density at radius 1 is 1.36 bits per heavy atom. The normalized spacial score (nSPS) is 17.1. The highest BCUT2D eigenvalue weighted by molar-refractivity contribution is 6.30. The molecule has 1 atom stereocenters. The second-order valence-electron chi connectivity index (χ2n) is 6.58. The number of hydrogen-bond donors (Lipinski definition) is 2. The van der Waals surface area contributed by atoms with E-state index in [4.69, 9.17) is 11.6 Å². The highest BCUT2D eigenvalue weighted by atomic mass is 35.5. The zero-order valence-electron chi connectivity index (χ0n) is 14.3. The van der Waals surface area contributed by atoms with Crippen LogP contribution in [0, 0.1) is 0 Å². The van der Waals surface area contributed by atoms with Gasteiger partial charge in [-0.25, -0.2) is 0 Å². The molecule has 0 saturated carbocycles. The van der Waals surface area contributed by atoms with Crippen LogP contribution in [0.15, 0.2) is 30.3 Å². The van der Waals surface area contributed by atoms with Crippen molar-refractivity contribution in [2.75, 3.05) is 13.1 Å².